The Kier molecular flexibility index (Phi) is 5.77. The van der Waals surface area contributed by atoms with Crippen LogP contribution in [0.2, 0.25) is 0 Å². The third kappa shape index (κ3) is 4.58. The number of carbonyl (C=O) groups excluding carboxylic acids is 2. The zero-order chi connectivity index (χ0) is 22.1. The quantitative estimate of drug-likeness (QED) is 0.554. The molecule has 0 saturated heterocycles. The van der Waals surface area contributed by atoms with Gasteiger partial charge in [0.2, 0.25) is 5.91 Å². The molecule has 6 nitrogen and oxygen atoms in total. The third-order valence-corrected chi connectivity index (χ3v) is 4.34. The number of hydrazone groups is 1. The number of nitrogens with zero attached hydrogens (tertiary/aromatic N) is 2. The van der Waals surface area contributed by atoms with Crippen molar-refractivity contribution in [2.24, 2.45) is 11.0 Å². The molecule has 2 aromatic rings. The molecule has 1 aliphatic heterocycles. The van der Waals surface area contributed by atoms with Crippen LogP contribution < -0.4 is 15.1 Å². The number of carbonyl (C=O) groups is 2. The zero-order valence-electron chi connectivity index (χ0n) is 15.9. The molecule has 0 unspecified atom stereocenters. The van der Waals surface area contributed by atoms with E-state index >= 15 is 0 Å². The lowest BCUT2D eigenvalue weighted by molar-refractivity contribution is -0.127. The highest BCUT2D eigenvalue weighted by Crippen LogP contribution is 2.30. The molecule has 2 aromatic carbocycles. The Morgan fingerprint density at radius 3 is 2.47 bits per heavy atom. The summed E-state index contributed by atoms with van der Waals surface area (Å²) in [5.74, 6) is -5.82. The summed E-state index contributed by atoms with van der Waals surface area (Å²) in [4.78, 5) is 25.3. The summed E-state index contributed by atoms with van der Waals surface area (Å²) < 4.78 is 55.7. The van der Waals surface area contributed by atoms with E-state index in [-0.39, 0.29) is 28.4 Å². The first-order valence-electron chi connectivity index (χ1n) is 8.79. The van der Waals surface area contributed by atoms with Crippen molar-refractivity contribution in [3.05, 3.63) is 54.1 Å². The normalized spacial score (nSPS) is 16.6. The standard InChI is InChI=1S/C20H17F4N3O3/c1-11-16(17(28)25-13-5-3-4-12(10-13)20(2,23)24)18(29)27(26-11)14-6-8-15(9-7-14)30-19(21)22/h3-10,16,19H,1-2H3,(H,25,28)/t16-/m1/s1. The van der Waals surface area contributed by atoms with Crippen LogP contribution >= 0.6 is 0 Å². The van der Waals surface area contributed by atoms with Crippen LogP contribution in [0, 0.1) is 5.92 Å². The molecule has 0 aliphatic carbocycles. The lowest BCUT2D eigenvalue weighted by Gasteiger charge is -2.16. The molecule has 1 N–H and O–H groups in total. The summed E-state index contributed by atoms with van der Waals surface area (Å²) in [7, 11) is 0. The topological polar surface area (TPSA) is 71.0 Å². The molecule has 1 heterocycles. The molecule has 158 valence electrons. The second kappa shape index (κ2) is 8.13. The maximum Gasteiger partial charge on any atom is 0.387 e. The van der Waals surface area contributed by atoms with Crippen molar-refractivity contribution < 1.29 is 31.9 Å². The van der Waals surface area contributed by atoms with Gasteiger partial charge in [-0.3, -0.25) is 9.59 Å². The summed E-state index contributed by atoms with van der Waals surface area (Å²) in [6, 6.07) is 10.3. The number of alkyl halides is 4. The van der Waals surface area contributed by atoms with Crippen molar-refractivity contribution in [1.29, 1.82) is 0 Å². The summed E-state index contributed by atoms with van der Waals surface area (Å²) in [6.07, 6.45) is 0. The molecular formula is C20H17F4N3O3. The maximum atomic E-state index is 13.5. The van der Waals surface area contributed by atoms with Crippen LogP contribution in [0.4, 0.5) is 28.9 Å². The molecule has 2 amide bonds. The van der Waals surface area contributed by atoms with Crippen LogP contribution in [0.15, 0.2) is 53.6 Å². The van der Waals surface area contributed by atoms with Crippen LogP contribution in [-0.4, -0.2) is 24.1 Å². The predicted octanol–water partition coefficient (Wildman–Crippen LogP) is 4.38. The molecule has 10 heteroatoms. The monoisotopic (exact) mass is 423 g/mol. The van der Waals surface area contributed by atoms with Crippen molar-refractivity contribution in [2.45, 2.75) is 26.4 Å². The van der Waals surface area contributed by atoms with Crippen LogP contribution in [0.25, 0.3) is 0 Å². The van der Waals surface area contributed by atoms with Gasteiger partial charge in [-0.1, -0.05) is 12.1 Å². The number of ether oxygens (including phenoxy) is 1. The summed E-state index contributed by atoms with van der Waals surface area (Å²) >= 11 is 0. The smallest absolute Gasteiger partial charge is 0.387 e. The van der Waals surface area contributed by atoms with E-state index in [1.807, 2.05) is 0 Å². The van der Waals surface area contributed by atoms with E-state index in [1.165, 1.54) is 49.4 Å². The first kappa shape index (κ1) is 21.3. The number of anilines is 2. The Balaban J connectivity index is 1.74. The largest absolute Gasteiger partial charge is 0.435 e. The Bertz CT molecular complexity index is 988. The molecule has 0 saturated carbocycles. The van der Waals surface area contributed by atoms with Gasteiger partial charge in [-0.2, -0.15) is 18.9 Å². The van der Waals surface area contributed by atoms with E-state index in [9.17, 15) is 27.2 Å². The average molecular weight is 423 g/mol. The number of halogens is 4. The lowest BCUT2D eigenvalue weighted by atomic mass is 10.0. The second-order valence-corrected chi connectivity index (χ2v) is 6.66. The zero-order valence-corrected chi connectivity index (χ0v) is 15.9. The minimum atomic E-state index is -3.09. The van der Waals surface area contributed by atoms with Gasteiger partial charge in [-0.05, 0) is 43.3 Å². The Hall–Kier alpha value is -3.43. The summed E-state index contributed by atoms with van der Waals surface area (Å²) in [5.41, 5.74) is 0.286. The average Bonchev–Trinajstić information content (AvgIpc) is 2.95. The third-order valence-electron chi connectivity index (χ3n) is 4.34. The van der Waals surface area contributed by atoms with Crippen molar-refractivity contribution >= 4 is 28.9 Å². The van der Waals surface area contributed by atoms with E-state index in [0.717, 1.165) is 18.0 Å². The van der Waals surface area contributed by atoms with Gasteiger partial charge in [0, 0.05) is 18.2 Å². The minimum absolute atomic E-state index is 0.0944. The molecular weight excluding hydrogens is 406 g/mol. The summed E-state index contributed by atoms with van der Waals surface area (Å²) in [5, 5.41) is 7.49. The number of hydrogen-bond acceptors (Lipinski definition) is 4. The van der Waals surface area contributed by atoms with E-state index in [0.29, 0.717) is 0 Å². The van der Waals surface area contributed by atoms with Crippen LogP contribution in [0.3, 0.4) is 0 Å². The fourth-order valence-electron chi connectivity index (χ4n) is 2.91. The highest BCUT2D eigenvalue weighted by Gasteiger charge is 2.40. The fourth-order valence-corrected chi connectivity index (χ4v) is 2.91. The van der Waals surface area contributed by atoms with Crippen molar-refractivity contribution in [1.82, 2.24) is 0 Å². The molecule has 0 spiro atoms. The van der Waals surface area contributed by atoms with Crippen molar-refractivity contribution in [3.63, 3.8) is 0 Å². The van der Waals surface area contributed by atoms with E-state index < -0.39 is 30.3 Å². The van der Waals surface area contributed by atoms with Gasteiger partial charge in [-0.15, -0.1) is 0 Å². The highest BCUT2D eigenvalue weighted by molar-refractivity contribution is 6.28. The first-order valence-corrected chi connectivity index (χ1v) is 8.79. The minimum Gasteiger partial charge on any atom is -0.435 e. The Morgan fingerprint density at radius 1 is 1.20 bits per heavy atom. The highest BCUT2D eigenvalue weighted by atomic mass is 19.3. The molecule has 1 atom stereocenters. The SMILES string of the molecule is CC1=NN(c2ccc(OC(F)F)cc2)C(=O)[C@H]1C(=O)Nc1cccc(C(C)(F)F)c1. The maximum absolute atomic E-state index is 13.5. The van der Waals surface area contributed by atoms with Gasteiger partial charge in [0.1, 0.15) is 5.75 Å². The lowest BCUT2D eigenvalue weighted by Crippen LogP contribution is -2.36. The van der Waals surface area contributed by atoms with E-state index in [4.69, 9.17) is 0 Å². The molecule has 30 heavy (non-hydrogen) atoms. The van der Waals surface area contributed by atoms with Gasteiger partial charge < -0.3 is 10.1 Å². The fraction of sp³-hybridized carbons (Fsp3) is 0.250. The molecule has 1 aliphatic rings. The van der Waals surface area contributed by atoms with Gasteiger partial charge in [0.25, 0.3) is 11.8 Å². The number of nitrogens with one attached hydrogen (secondary N) is 1. The van der Waals surface area contributed by atoms with Crippen molar-refractivity contribution in [3.8, 4) is 5.75 Å². The molecule has 0 bridgehead atoms. The Morgan fingerprint density at radius 2 is 1.87 bits per heavy atom. The van der Waals surface area contributed by atoms with Crippen LogP contribution in [0.5, 0.6) is 5.75 Å². The van der Waals surface area contributed by atoms with Crippen molar-refractivity contribution in [2.75, 3.05) is 10.3 Å². The number of rotatable bonds is 6. The van der Waals surface area contributed by atoms with Crippen LogP contribution in [0.1, 0.15) is 19.4 Å². The van der Waals surface area contributed by atoms with Gasteiger partial charge in [0.15, 0.2) is 5.92 Å². The molecule has 0 fully saturated rings. The van der Waals surface area contributed by atoms with Gasteiger partial charge in [-0.25, -0.2) is 8.78 Å². The number of amides is 2. The van der Waals surface area contributed by atoms with Gasteiger partial charge >= 0.3 is 6.61 Å². The molecule has 0 aromatic heterocycles. The van der Waals surface area contributed by atoms with Crippen LogP contribution in [-0.2, 0) is 15.5 Å². The predicted molar refractivity (Wildman–Crippen MR) is 102 cm³/mol. The second-order valence-electron chi connectivity index (χ2n) is 6.66. The van der Waals surface area contributed by atoms with E-state index in [1.54, 1.807) is 0 Å². The summed E-state index contributed by atoms with van der Waals surface area (Å²) in [6.45, 7) is -0.767. The van der Waals surface area contributed by atoms with Gasteiger partial charge in [0.05, 0.1) is 11.4 Å². The van der Waals surface area contributed by atoms with E-state index in [2.05, 4.69) is 15.2 Å². The number of benzene rings is 2. The number of hydrogen-bond donors (Lipinski definition) is 1. The molecule has 0 radical (unpaired) electrons. The molecule has 3 rings (SSSR count). The first-order chi connectivity index (χ1) is 14.1. The Labute approximate surface area is 169 Å².